The van der Waals surface area contributed by atoms with E-state index in [1.807, 2.05) is 45.0 Å². The van der Waals surface area contributed by atoms with Gasteiger partial charge in [-0.2, -0.15) is 0 Å². The fourth-order valence-corrected chi connectivity index (χ4v) is 3.65. The van der Waals surface area contributed by atoms with Gasteiger partial charge < -0.3 is 4.74 Å². The average Bonchev–Trinajstić information content (AvgIpc) is 2.96. The quantitative estimate of drug-likeness (QED) is 0.472. The number of rotatable bonds is 2. The van der Waals surface area contributed by atoms with Crippen molar-refractivity contribution in [3.8, 4) is 16.5 Å². The van der Waals surface area contributed by atoms with Crippen LogP contribution in [0.15, 0.2) is 54.6 Å². The fraction of sp³-hybridized carbons (Fsp3) is 0.200. The summed E-state index contributed by atoms with van der Waals surface area (Å²) in [6.07, 6.45) is 0. The largest absolute Gasteiger partial charge is 0.470 e. The Morgan fingerprint density at radius 1 is 0.875 bits per heavy atom. The van der Waals surface area contributed by atoms with E-state index in [-0.39, 0.29) is 5.60 Å². The SMILES string of the molecule is CC(C)(C)Oc1nc2ccccc2nc1-c1cc2ccccc2s1. The van der Waals surface area contributed by atoms with Gasteiger partial charge in [0.1, 0.15) is 11.3 Å². The van der Waals surface area contributed by atoms with Gasteiger partial charge in [-0.05, 0) is 50.4 Å². The Bertz CT molecular complexity index is 998. The van der Waals surface area contributed by atoms with E-state index >= 15 is 0 Å². The van der Waals surface area contributed by atoms with E-state index in [4.69, 9.17) is 14.7 Å². The van der Waals surface area contributed by atoms with Crippen molar-refractivity contribution < 1.29 is 4.74 Å². The topological polar surface area (TPSA) is 35.0 Å². The molecule has 0 amide bonds. The van der Waals surface area contributed by atoms with Crippen molar-refractivity contribution >= 4 is 32.5 Å². The van der Waals surface area contributed by atoms with Gasteiger partial charge in [0.15, 0.2) is 0 Å². The van der Waals surface area contributed by atoms with Crippen LogP contribution in [-0.4, -0.2) is 15.6 Å². The number of benzene rings is 2. The van der Waals surface area contributed by atoms with E-state index in [2.05, 4.69) is 30.3 Å². The molecule has 0 spiro atoms. The molecule has 0 aliphatic rings. The van der Waals surface area contributed by atoms with Crippen molar-refractivity contribution in [2.24, 2.45) is 0 Å². The lowest BCUT2D eigenvalue weighted by Crippen LogP contribution is -2.24. The molecule has 0 saturated carbocycles. The van der Waals surface area contributed by atoms with Crippen LogP contribution in [0, 0.1) is 0 Å². The lowest BCUT2D eigenvalue weighted by Gasteiger charge is -2.21. The predicted molar refractivity (Wildman–Crippen MR) is 101 cm³/mol. The van der Waals surface area contributed by atoms with E-state index in [1.165, 1.54) is 10.1 Å². The van der Waals surface area contributed by atoms with Crippen molar-refractivity contribution in [2.45, 2.75) is 26.4 Å². The number of nitrogens with zero attached hydrogens (tertiary/aromatic N) is 2. The van der Waals surface area contributed by atoms with Crippen LogP contribution >= 0.6 is 11.3 Å². The predicted octanol–water partition coefficient (Wildman–Crippen LogP) is 5.69. The number of thiophene rings is 1. The average molecular weight is 334 g/mol. The second-order valence-corrected chi connectivity index (χ2v) is 7.81. The van der Waals surface area contributed by atoms with Crippen LogP contribution in [0.25, 0.3) is 31.7 Å². The minimum atomic E-state index is -0.331. The van der Waals surface area contributed by atoms with Gasteiger partial charge in [0.05, 0.1) is 15.9 Å². The molecular formula is C20H18N2OS. The molecule has 0 aliphatic heterocycles. The number of hydrogen-bond donors (Lipinski definition) is 0. The minimum Gasteiger partial charge on any atom is -0.470 e. The molecule has 3 nitrogen and oxygen atoms in total. The molecule has 4 heteroatoms. The highest BCUT2D eigenvalue weighted by Gasteiger charge is 2.20. The second kappa shape index (κ2) is 5.56. The van der Waals surface area contributed by atoms with Crippen molar-refractivity contribution in [3.05, 3.63) is 54.6 Å². The van der Waals surface area contributed by atoms with Crippen LogP contribution in [0.2, 0.25) is 0 Å². The maximum atomic E-state index is 6.12. The van der Waals surface area contributed by atoms with Crippen LogP contribution in [0.4, 0.5) is 0 Å². The molecule has 0 unspecified atom stereocenters. The Balaban J connectivity index is 1.95. The molecule has 4 rings (SSSR count). The first kappa shape index (κ1) is 15.1. The van der Waals surface area contributed by atoms with Crippen LogP contribution < -0.4 is 4.74 Å². The van der Waals surface area contributed by atoms with Gasteiger partial charge in [0.2, 0.25) is 5.88 Å². The summed E-state index contributed by atoms with van der Waals surface area (Å²) >= 11 is 1.72. The summed E-state index contributed by atoms with van der Waals surface area (Å²) in [4.78, 5) is 10.7. The van der Waals surface area contributed by atoms with Crippen LogP contribution in [0.5, 0.6) is 5.88 Å². The maximum absolute atomic E-state index is 6.12. The molecule has 0 aliphatic carbocycles. The summed E-state index contributed by atoms with van der Waals surface area (Å²) in [5.74, 6) is 0.591. The zero-order valence-corrected chi connectivity index (χ0v) is 14.7. The third kappa shape index (κ3) is 2.85. The molecule has 2 heterocycles. The van der Waals surface area contributed by atoms with Gasteiger partial charge in [-0.25, -0.2) is 9.97 Å². The lowest BCUT2D eigenvalue weighted by molar-refractivity contribution is 0.125. The third-order valence-electron chi connectivity index (χ3n) is 3.60. The van der Waals surface area contributed by atoms with Crippen LogP contribution in [0.3, 0.4) is 0 Å². The molecule has 2 aromatic heterocycles. The summed E-state index contributed by atoms with van der Waals surface area (Å²) in [5, 5.41) is 1.22. The molecule has 0 saturated heterocycles. The zero-order valence-electron chi connectivity index (χ0n) is 13.9. The molecule has 0 fully saturated rings. The number of fused-ring (bicyclic) bond motifs is 2. The summed E-state index contributed by atoms with van der Waals surface area (Å²) < 4.78 is 7.36. The van der Waals surface area contributed by atoms with Gasteiger partial charge in [0, 0.05) is 4.70 Å². The van der Waals surface area contributed by atoms with Gasteiger partial charge in [0.25, 0.3) is 0 Å². The highest BCUT2D eigenvalue weighted by atomic mass is 32.1. The fourth-order valence-electron chi connectivity index (χ4n) is 2.60. The van der Waals surface area contributed by atoms with E-state index < -0.39 is 0 Å². The maximum Gasteiger partial charge on any atom is 0.242 e. The minimum absolute atomic E-state index is 0.331. The molecule has 24 heavy (non-hydrogen) atoms. The Morgan fingerprint density at radius 2 is 1.54 bits per heavy atom. The number of aromatic nitrogens is 2. The molecular weight excluding hydrogens is 316 g/mol. The summed E-state index contributed by atoms with van der Waals surface area (Å²) in [5.41, 5.74) is 2.21. The van der Waals surface area contributed by atoms with Crippen molar-refractivity contribution in [1.82, 2.24) is 9.97 Å². The Hall–Kier alpha value is -2.46. The lowest BCUT2D eigenvalue weighted by atomic mass is 10.2. The molecule has 4 aromatic rings. The Kier molecular flexibility index (Phi) is 3.50. The Morgan fingerprint density at radius 3 is 2.25 bits per heavy atom. The number of hydrogen-bond acceptors (Lipinski definition) is 4. The van der Waals surface area contributed by atoms with Gasteiger partial charge in [-0.1, -0.05) is 30.3 Å². The monoisotopic (exact) mass is 334 g/mol. The summed E-state index contributed by atoms with van der Waals surface area (Å²) in [7, 11) is 0. The molecule has 0 radical (unpaired) electrons. The number of para-hydroxylation sites is 2. The summed E-state index contributed by atoms with van der Waals surface area (Å²) in [6.45, 7) is 6.08. The highest BCUT2D eigenvalue weighted by Crippen LogP contribution is 2.38. The van der Waals surface area contributed by atoms with E-state index in [1.54, 1.807) is 11.3 Å². The first-order valence-electron chi connectivity index (χ1n) is 7.94. The first-order chi connectivity index (χ1) is 11.5. The summed E-state index contributed by atoms with van der Waals surface area (Å²) in [6, 6.07) is 18.4. The first-order valence-corrected chi connectivity index (χ1v) is 8.76. The zero-order chi connectivity index (χ0) is 16.7. The van der Waals surface area contributed by atoms with Crippen molar-refractivity contribution in [3.63, 3.8) is 0 Å². The van der Waals surface area contributed by atoms with E-state index in [9.17, 15) is 0 Å². The Labute approximate surface area is 145 Å². The highest BCUT2D eigenvalue weighted by molar-refractivity contribution is 7.22. The van der Waals surface area contributed by atoms with E-state index in [0.717, 1.165) is 21.6 Å². The van der Waals surface area contributed by atoms with Crippen LogP contribution in [-0.2, 0) is 0 Å². The van der Waals surface area contributed by atoms with Crippen molar-refractivity contribution in [1.29, 1.82) is 0 Å². The van der Waals surface area contributed by atoms with Gasteiger partial charge >= 0.3 is 0 Å². The van der Waals surface area contributed by atoms with Crippen LogP contribution in [0.1, 0.15) is 20.8 Å². The second-order valence-electron chi connectivity index (χ2n) is 6.73. The molecule has 0 N–H and O–H groups in total. The normalized spacial score (nSPS) is 12.0. The molecule has 0 bridgehead atoms. The molecule has 0 atom stereocenters. The number of ether oxygens (including phenoxy) is 1. The van der Waals surface area contributed by atoms with Gasteiger partial charge in [-0.3, -0.25) is 0 Å². The molecule has 120 valence electrons. The van der Waals surface area contributed by atoms with Gasteiger partial charge in [-0.15, -0.1) is 11.3 Å². The van der Waals surface area contributed by atoms with Crippen molar-refractivity contribution in [2.75, 3.05) is 0 Å². The smallest absolute Gasteiger partial charge is 0.242 e. The standard InChI is InChI=1S/C20H18N2OS/c1-20(2,3)23-19-18(21-14-9-5-6-10-15(14)22-19)17-12-13-8-4-7-11-16(13)24-17/h4-12H,1-3H3. The third-order valence-corrected chi connectivity index (χ3v) is 4.72. The van der Waals surface area contributed by atoms with E-state index in [0.29, 0.717) is 5.88 Å². The molecule has 2 aromatic carbocycles.